The zero-order chi connectivity index (χ0) is 13.0. The van der Waals surface area contributed by atoms with Gasteiger partial charge in [-0.1, -0.05) is 6.07 Å². The van der Waals surface area contributed by atoms with E-state index in [1.807, 2.05) is 12.1 Å². The van der Waals surface area contributed by atoms with Gasteiger partial charge in [-0.05, 0) is 24.7 Å². The maximum absolute atomic E-state index is 12.0. The van der Waals surface area contributed by atoms with Gasteiger partial charge in [-0.3, -0.25) is 0 Å². The van der Waals surface area contributed by atoms with Gasteiger partial charge in [0.2, 0.25) is 6.79 Å². The highest BCUT2D eigenvalue weighted by Gasteiger charge is 2.17. The van der Waals surface area contributed by atoms with E-state index >= 15 is 0 Å². The molecule has 1 atom stereocenters. The summed E-state index contributed by atoms with van der Waals surface area (Å²) in [5.74, 6) is 1.36. The molecule has 0 spiro atoms. The number of fused-ring (bicyclic) bond motifs is 1. The fourth-order valence-electron chi connectivity index (χ4n) is 1.75. The average molecular weight is 259 g/mol. The molecule has 6 heteroatoms. The summed E-state index contributed by atoms with van der Waals surface area (Å²) in [6.07, 6.45) is -2.45. The van der Waals surface area contributed by atoms with Crippen molar-refractivity contribution in [1.82, 2.24) is 5.32 Å². The molecule has 0 bridgehead atoms. The Labute approximate surface area is 104 Å². The van der Waals surface area contributed by atoms with Crippen LogP contribution in [0.4, 0.5) is 8.78 Å². The minimum absolute atomic E-state index is 0.154. The number of ether oxygens (including phenoxy) is 3. The van der Waals surface area contributed by atoms with Crippen molar-refractivity contribution in [3.63, 3.8) is 0 Å². The first-order valence-corrected chi connectivity index (χ1v) is 5.63. The van der Waals surface area contributed by atoms with Crippen molar-refractivity contribution in [3.05, 3.63) is 23.8 Å². The van der Waals surface area contributed by atoms with Crippen LogP contribution >= 0.6 is 0 Å². The summed E-state index contributed by atoms with van der Waals surface area (Å²) in [7, 11) is 1.75. The Morgan fingerprint density at radius 2 is 2.06 bits per heavy atom. The number of rotatable bonds is 6. The van der Waals surface area contributed by atoms with E-state index in [1.165, 1.54) is 0 Å². The van der Waals surface area contributed by atoms with Crippen LogP contribution in [0.25, 0.3) is 0 Å². The molecule has 1 aromatic carbocycles. The molecule has 0 aliphatic carbocycles. The van der Waals surface area contributed by atoms with Gasteiger partial charge in [-0.15, -0.1) is 0 Å². The number of alkyl halides is 2. The van der Waals surface area contributed by atoms with E-state index in [2.05, 4.69) is 5.32 Å². The first-order chi connectivity index (χ1) is 8.70. The molecule has 1 aromatic rings. The molecule has 1 heterocycles. The SMILES string of the molecule is CNC(COCC(F)F)c1ccc2c(c1)OCO2. The van der Waals surface area contributed by atoms with Gasteiger partial charge in [0.25, 0.3) is 6.43 Å². The number of likely N-dealkylation sites (N-methyl/N-ethyl adjacent to an activating group) is 1. The van der Waals surface area contributed by atoms with E-state index in [9.17, 15) is 8.78 Å². The Morgan fingerprint density at radius 1 is 1.28 bits per heavy atom. The summed E-state index contributed by atoms with van der Waals surface area (Å²) in [5, 5.41) is 3.02. The molecule has 4 nitrogen and oxygen atoms in total. The molecule has 1 aliphatic heterocycles. The average Bonchev–Trinajstić information content (AvgIpc) is 2.81. The first-order valence-electron chi connectivity index (χ1n) is 5.63. The van der Waals surface area contributed by atoms with Gasteiger partial charge >= 0.3 is 0 Å². The van der Waals surface area contributed by atoms with Gasteiger partial charge in [-0.25, -0.2) is 8.78 Å². The van der Waals surface area contributed by atoms with E-state index in [1.54, 1.807) is 13.1 Å². The normalized spacial score (nSPS) is 15.1. The summed E-state index contributed by atoms with van der Waals surface area (Å²) >= 11 is 0. The number of nitrogens with one attached hydrogen (secondary N) is 1. The van der Waals surface area contributed by atoms with Crippen molar-refractivity contribution in [2.75, 3.05) is 27.1 Å². The summed E-state index contributed by atoms with van der Waals surface area (Å²) in [6, 6.07) is 5.34. The van der Waals surface area contributed by atoms with Crippen molar-refractivity contribution in [1.29, 1.82) is 0 Å². The lowest BCUT2D eigenvalue weighted by Crippen LogP contribution is -2.23. The fraction of sp³-hybridized carbons (Fsp3) is 0.500. The van der Waals surface area contributed by atoms with Crippen molar-refractivity contribution in [3.8, 4) is 11.5 Å². The largest absolute Gasteiger partial charge is 0.454 e. The number of hydrogen-bond acceptors (Lipinski definition) is 4. The van der Waals surface area contributed by atoms with Gasteiger partial charge in [0.05, 0.1) is 12.6 Å². The molecule has 0 fully saturated rings. The van der Waals surface area contributed by atoms with Crippen molar-refractivity contribution >= 4 is 0 Å². The van der Waals surface area contributed by atoms with Crippen LogP contribution in [0.1, 0.15) is 11.6 Å². The van der Waals surface area contributed by atoms with E-state index in [0.29, 0.717) is 11.5 Å². The molecule has 0 saturated heterocycles. The third kappa shape index (κ3) is 3.08. The Kier molecular flexibility index (Phi) is 4.33. The fourth-order valence-corrected chi connectivity index (χ4v) is 1.75. The summed E-state index contributed by atoms with van der Waals surface area (Å²) in [6.45, 7) is -0.159. The van der Waals surface area contributed by atoms with E-state index in [-0.39, 0.29) is 19.4 Å². The topological polar surface area (TPSA) is 39.7 Å². The predicted octanol–water partition coefficient (Wildman–Crippen LogP) is 1.96. The number of halogens is 2. The zero-order valence-corrected chi connectivity index (χ0v) is 9.99. The Bertz CT molecular complexity index is 401. The maximum Gasteiger partial charge on any atom is 0.261 e. The summed E-state index contributed by atoms with van der Waals surface area (Å²) in [4.78, 5) is 0. The number of benzene rings is 1. The molecule has 0 radical (unpaired) electrons. The van der Waals surface area contributed by atoms with E-state index in [4.69, 9.17) is 14.2 Å². The van der Waals surface area contributed by atoms with Gasteiger partial charge in [0, 0.05) is 0 Å². The van der Waals surface area contributed by atoms with Crippen LogP contribution < -0.4 is 14.8 Å². The highest BCUT2D eigenvalue weighted by atomic mass is 19.3. The van der Waals surface area contributed by atoms with Crippen molar-refractivity contribution in [2.24, 2.45) is 0 Å². The highest BCUT2D eigenvalue weighted by Crippen LogP contribution is 2.34. The summed E-state index contributed by atoms with van der Waals surface area (Å²) in [5.41, 5.74) is 0.913. The smallest absolute Gasteiger partial charge is 0.261 e. The van der Waals surface area contributed by atoms with Crippen LogP contribution in [0, 0.1) is 0 Å². The van der Waals surface area contributed by atoms with Crippen LogP contribution in [0.15, 0.2) is 18.2 Å². The lowest BCUT2D eigenvalue weighted by atomic mass is 10.1. The van der Waals surface area contributed by atoms with Gasteiger partial charge in [0.1, 0.15) is 6.61 Å². The highest BCUT2D eigenvalue weighted by molar-refractivity contribution is 5.45. The van der Waals surface area contributed by atoms with Crippen LogP contribution in [0.2, 0.25) is 0 Å². The molecule has 1 aliphatic rings. The quantitative estimate of drug-likeness (QED) is 0.847. The summed E-state index contributed by atoms with van der Waals surface area (Å²) < 4.78 is 39.4. The minimum Gasteiger partial charge on any atom is -0.454 e. The van der Waals surface area contributed by atoms with Gasteiger partial charge in [-0.2, -0.15) is 0 Å². The molecule has 2 rings (SSSR count). The Balaban J connectivity index is 1.99. The van der Waals surface area contributed by atoms with Gasteiger partial charge < -0.3 is 19.5 Å². The second-order valence-corrected chi connectivity index (χ2v) is 3.88. The lowest BCUT2D eigenvalue weighted by Gasteiger charge is -2.17. The van der Waals surface area contributed by atoms with Crippen LogP contribution in [-0.4, -0.2) is 33.5 Å². The minimum atomic E-state index is -2.45. The Hall–Kier alpha value is -1.40. The molecule has 18 heavy (non-hydrogen) atoms. The van der Waals surface area contributed by atoms with E-state index < -0.39 is 13.0 Å². The molecule has 0 saturated carbocycles. The van der Waals surface area contributed by atoms with Crippen molar-refractivity contribution in [2.45, 2.75) is 12.5 Å². The molecule has 1 N–H and O–H groups in total. The second kappa shape index (κ2) is 5.97. The maximum atomic E-state index is 12.0. The van der Waals surface area contributed by atoms with Crippen LogP contribution in [-0.2, 0) is 4.74 Å². The van der Waals surface area contributed by atoms with E-state index in [0.717, 1.165) is 5.56 Å². The molecular weight excluding hydrogens is 244 g/mol. The number of hydrogen-bond donors (Lipinski definition) is 1. The molecule has 1 unspecified atom stereocenters. The Morgan fingerprint density at radius 3 is 2.78 bits per heavy atom. The third-order valence-corrected chi connectivity index (χ3v) is 2.68. The van der Waals surface area contributed by atoms with Crippen LogP contribution in [0.5, 0.6) is 11.5 Å². The van der Waals surface area contributed by atoms with Crippen molar-refractivity contribution < 1.29 is 23.0 Å². The molecule has 100 valence electrons. The predicted molar refractivity (Wildman–Crippen MR) is 61.2 cm³/mol. The lowest BCUT2D eigenvalue weighted by molar-refractivity contribution is 0.00984. The molecular formula is C12H15F2NO3. The van der Waals surface area contributed by atoms with Crippen LogP contribution in [0.3, 0.4) is 0 Å². The first kappa shape index (κ1) is 13.0. The molecule has 0 amide bonds. The molecule has 0 aromatic heterocycles. The third-order valence-electron chi connectivity index (χ3n) is 2.68. The standard InChI is InChI=1S/C12H15F2NO3/c1-15-9(5-16-6-12(13)14)8-2-3-10-11(4-8)18-7-17-10/h2-4,9,12,15H,5-7H2,1H3. The monoisotopic (exact) mass is 259 g/mol. The second-order valence-electron chi connectivity index (χ2n) is 3.88. The zero-order valence-electron chi connectivity index (χ0n) is 9.99. The van der Waals surface area contributed by atoms with Gasteiger partial charge in [0.15, 0.2) is 11.5 Å².